The van der Waals surface area contributed by atoms with Gasteiger partial charge in [-0.3, -0.25) is 0 Å². The van der Waals surface area contributed by atoms with E-state index < -0.39 is 0 Å². The Hall–Kier alpha value is -2.48. The molecule has 7 nitrogen and oxygen atoms in total. The molecule has 2 N–H and O–H groups in total. The van der Waals surface area contributed by atoms with E-state index >= 15 is 0 Å². The van der Waals surface area contributed by atoms with Crippen molar-refractivity contribution in [3.05, 3.63) is 35.0 Å². The van der Waals surface area contributed by atoms with Crippen LogP contribution < -0.4 is 10.6 Å². The van der Waals surface area contributed by atoms with Crippen LogP contribution >= 0.6 is 11.3 Å². The summed E-state index contributed by atoms with van der Waals surface area (Å²) >= 11 is 1.68. The van der Waals surface area contributed by atoms with Crippen molar-refractivity contribution < 1.29 is 4.63 Å². The molecule has 0 spiro atoms. The Morgan fingerprint density at radius 1 is 1.20 bits per heavy atom. The first-order valence-electron chi connectivity index (χ1n) is 5.98. The molecule has 0 radical (unpaired) electrons. The van der Waals surface area contributed by atoms with Crippen molar-refractivity contribution in [1.82, 2.24) is 20.3 Å². The standard InChI is InChI=1S/C12H12N6OS/c1-2-5-13-9-10(14-7-8-4-3-6-20-8)16-12-11(15-9)17-19-18-12/h2-4,6H,1,5,7H2,(H,13,15,17)(H,14,16,18). The van der Waals surface area contributed by atoms with Crippen LogP contribution in [0.5, 0.6) is 0 Å². The number of hydrogen-bond donors (Lipinski definition) is 2. The van der Waals surface area contributed by atoms with E-state index in [1.54, 1.807) is 17.4 Å². The van der Waals surface area contributed by atoms with Crippen LogP contribution in [0.3, 0.4) is 0 Å². The Kier molecular flexibility index (Phi) is 3.55. The Bertz CT molecular complexity index is 708. The number of aromatic nitrogens is 4. The van der Waals surface area contributed by atoms with Crippen LogP contribution in [0.15, 0.2) is 34.8 Å². The summed E-state index contributed by atoms with van der Waals surface area (Å²) in [5.74, 6) is 1.22. The van der Waals surface area contributed by atoms with Crippen LogP contribution in [0.4, 0.5) is 11.6 Å². The van der Waals surface area contributed by atoms with E-state index in [-0.39, 0.29) is 0 Å². The zero-order valence-corrected chi connectivity index (χ0v) is 11.4. The summed E-state index contributed by atoms with van der Waals surface area (Å²) in [6, 6.07) is 4.06. The van der Waals surface area contributed by atoms with Gasteiger partial charge in [-0.15, -0.1) is 17.9 Å². The van der Waals surface area contributed by atoms with E-state index in [1.807, 2.05) is 11.4 Å². The summed E-state index contributed by atoms with van der Waals surface area (Å²) in [7, 11) is 0. The van der Waals surface area contributed by atoms with Gasteiger partial charge in [0.05, 0.1) is 6.54 Å². The predicted molar refractivity (Wildman–Crippen MR) is 77.7 cm³/mol. The fourth-order valence-corrected chi connectivity index (χ4v) is 2.28. The fraction of sp³-hybridized carbons (Fsp3) is 0.167. The fourth-order valence-electron chi connectivity index (χ4n) is 1.64. The van der Waals surface area contributed by atoms with Gasteiger partial charge in [-0.05, 0) is 21.8 Å². The van der Waals surface area contributed by atoms with Crippen LogP contribution in [0.25, 0.3) is 11.3 Å². The van der Waals surface area contributed by atoms with E-state index in [0.29, 0.717) is 36.0 Å². The van der Waals surface area contributed by atoms with Crippen molar-refractivity contribution in [3.63, 3.8) is 0 Å². The summed E-state index contributed by atoms with van der Waals surface area (Å²) in [4.78, 5) is 9.89. The molecule has 0 aliphatic rings. The quantitative estimate of drug-likeness (QED) is 0.673. The summed E-state index contributed by atoms with van der Waals surface area (Å²) in [6.07, 6.45) is 1.75. The molecule has 0 amide bonds. The number of rotatable bonds is 6. The highest BCUT2D eigenvalue weighted by Gasteiger charge is 2.12. The summed E-state index contributed by atoms with van der Waals surface area (Å²) in [6.45, 7) is 4.92. The summed E-state index contributed by atoms with van der Waals surface area (Å²) < 4.78 is 4.63. The summed E-state index contributed by atoms with van der Waals surface area (Å²) in [5, 5.41) is 15.8. The van der Waals surface area contributed by atoms with Crippen LogP contribution in [0.2, 0.25) is 0 Å². The van der Waals surface area contributed by atoms with Gasteiger partial charge < -0.3 is 10.6 Å². The highest BCUT2D eigenvalue weighted by molar-refractivity contribution is 7.09. The van der Waals surface area contributed by atoms with Crippen LogP contribution in [-0.4, -0.2) is 26.8 Å². The molecule has 0 aliphatic heterocycles. The Labute approximate surface area is 118 Å². The predicted octanol–water partition coefficient (Wildman–Crippen LogP) is 2.28. The highest BCUT2D eigenvalue weighted by atomic mass is 32.1. The zero-order chi connectivity index (χ0) is 13.8. The molecular weight excluding hydrogens is 276 g/mol. The number of nitrogens with zero attached hydrogens (tertiary/aromatic N) is 4. The van der Waals surface area contributed by atoms with Crippen molar-refractivity contribution in [2.24, 2.45) is 0 Å². The molecular formula is C12H12N6OS. The van der Waals surface area contributed by atoms with E-state index in [1.165, 1.54) is 4.88 Å². The van der Waals surface area contributed by atoms with Crippen LogP contribution in [0, 0.1) is 0 Å². The first-order chi connectivity index (χ1) is 9.86. The van der Waals surface area contributed by atoms with Gasteiger partial charge in [-0.1, -0.05) is 12.1 Å². The molecule has 3 rings (SSSR count). The van der Waals surface area contributed by atoms with Crippen molar-refractivity contribution in [2.75, 3.05) is 17.2 Å². The lowest BCUT2D eigenvalue weighted by atomic mass is 10.4. The number of thiophene rings is 1. The van der Waals surface area contributed by atoms with E-state index in [2.05, 4.69) is 48.2 Å². The van der Waals surface area contributed by atoms with Gasteiger partial charge in [-0.2, -0.15) is 0 Å². The van der Waals surface area contributed by atoms with Crippen LogP contribution in [0.1, 0.15) is 4.88 Å². The Morgan fingerprint density at radius 3 is 2.60 bits per heavy atom. The maximum absolute atomic E-state index is 4.63. The van der Waals surface area contributed by atoms with Gasteiger partial charge in [0.25, 0.3) is 0 Å². The van der Waals surface area contributed by atoms with Gasteiger partial charge in [0, 0.05) is 11.4 Å². The molecule has 3 heterocycles. The second-order valence-corrected chi connectivity index (χ2v) is 4.97. The average Bonchev–Trinajstić information content (AvgIpc) is 3.12. The topological polar surface area (TPSA) is 88.8 Å². The summed E-state index contributed by atoms with van der Waals surface area (Å²) in [5.41, 5.74) is 0.751. The number of nitrogens with one attached hydrogen (secondary N) is 2. The zero-order valence-electron chi connectivity index (χ0n) is 10.5. The lowest BCUT2D eigenvalue weighted by molar-refractivity contribution is 0.314. The van der Waals surface area contributed by atoms with Gasteiger partial charge in [-0.25, -0.2) is 14.6 Å². The second kappa shape index (κ2) is 5.66. The Morgan fingerprint density at radius 2 is 1.95 bits per heavy atom. The third kappa shape index (κ3) is 2.59. The number of fused-ring (bicyclic) bond motifs is 1. The number of anilines is 2. The maximum atomic E-state index is 4.63. The lowest BCUT2D eigenvalue weighted by Crippen LogP contribution is -2.08. The van der Waals surface area contributed by atoms with Crippen LogP contribution in [-0.2, 0) is 6.54 Å². The van der Waals surface area contributed by atoms with Gasteiger partial charge in [0.1, 0.15) is 0 Å². The van der Waals surface area contributed by atoms with E-state index in [4.69, 9.17) is 0 Å². The van der Waals surface area contributed by atoms with Crippen molar-refractivity contribution in [1.29, 1.82) is 0 Å². The molecule has 8 heteroatoms. The minimum Gasteiger partial charge on any atom is -0.363 e. The lowest BCUT2D eigenvalue weighted by Gasteiger charge is -2.09. The molecule has 3 aromatic heterocycles. The highest BCUT2D eigenvalue weighted by Crippen LogP contribution is 2.20. The molecule has 3 aromatic rings. The maximum Gasteiger partial charge on any atom is 0.245 e. The minimum absolute atomic E-state index is 0.373. The molecule has 0 bridgehead atoms. The molecule has 0 aromatic carbocycles. The van der Waals surface area contributed by atoms with E-state index in [9.17, 15) is 0 Å². The number of hydrogen-bond acceptors (Lipinski definition) is 8. The third-order valence-corrected chi connectivity index (χ3v) is 3.41. The van der Waals surface area contributed by atoms with Crippen molar-refractivity contribution >= 4 is 34.3 Å². The molecule has 0 aliphatic carbocycles. The molecule has 0 saturated heterocycles. The monoisotopic (exact) mass is 288 g/mol. The molecule has 0 atom stereocenters. The van der Waals surface area contributed by atoms with Crippen molar-refractivity contribution in [2.45, 2.75) is 6.54 Å². The largest absolute Gasteiger partial charge is 0.363 e. The molecule has 20 heavy (non-hydrogen) atoms. The van der Waals surface area contributed by atoms with E-state index in [0.717, 1.165) is 0 Å². The smallest absolute Gasteiger partial charge is 0.245 e. The van der Waals surface area contributed by atoms with Gasteiger partial charge in [0.15, 0.2) is 11.6 Å². The Balaban J connectivity index is 1.87. The second-order valence-electron chi connectivity index (χ2n) is 3.93. The van der Waals surface area contributed by atoms with Crippen molar-refractivity contribution in [3.8, 4) is 0 Å². The molecule has 0 unspecified atom stereocenters. The normalized spacial score (nSPS) is 10.6. The average molecular weight is 288 g/mol. The van der Waals surface area contributed by atoms with Gasteiger partial charge >= 0.3 is 0 Å². The minimum atomic E-state index is 0.373. The van der Waals surface area contributed by atoms with Gasteiger partial charge in [0.2, 0.25) is 11.3 Å². The first kappa shape index (κ1) is 12.5. The third-order valence-electron chi connectivity index (χ3n) is 2.54. The first-order valence-corrected chi connectivity index (χ1v) is 6.86. The molecule has 0 saturated carbocycles. The SMILES string of the molecule is C=CCNc1nc2nonc2nc1NCc1cccs1. The molecule has 102 valence electrons. The molecule has 0 fully saturated rings.